The molecule has 1 aliphatic rings. The van der Waals surface area contributed by atoms with Crippen LogP contribution >= 0.6 is 0 Å². The highest BCUT2D eigenvalue weighted by Crippen LogP contribution is 2.35. The molecular formula is C16H17NO2. The fraction of sp³-hybridized carbons (Fsp3) is 0.375. The maximum absolute atomic E-state index is 10.8. The molecular weight excluding hydrogens is 238 g/mol. The van der Waals surface area contributed by atoms with Gasteiger partial charge in [-0.3, -0.25) is 9.78 Å². The van der Waals surface area contributed by atoms with Crippen LogP contribution in [0.5, 0.6) is 0 Å². The third-order valence-corrected chi connectivity index (χ3v) is 4.01. The number of carbonyl (C=O) groups excluding carboxylic acids is 1. The van der Waals surface area contributed by atoms with Crippen LogP contribution in [0.4, 0.5) is 0 Å². The van der Waals surface area contributed by atoms with E-state index in [1.807, 2.05) is 18.2 Å². The number of ether oxygens (including phenoxy) is 1. The van der Waals surface area contributed by atoms with Gasteiger partial charge < -0.3 is 4.74 Å². The van der Waals surface area contributed by atoms with Crippen LogP contribution in [0.1, 0.15) is 41.2 Å². The molecule has 1 heterocycles. The summed E-state index contributed by atoms with van der Waals surface area (Å²) in [6.45, 7) is 0. The lowest BCUT2D eigenvalue weighted by Gasteiger charge is -2.17. The molecule has 0 saturated heterocycles. The second-order valence-corrected chi connectivity index (χ2v) is 5.12. The Balaban J connectivity index is 1.99. The van der Waals surface area contributed by atoms with E-state index < -0.39 is 0 Å². The summed E-state index contributed by atoms with van der Waals surface area (Å²) in [5.74, 6) is 0.403. The summed E-state index contributed by atoms with van der Waals surface area (Å²) in [6.07, 6.45) is 4.62. The zero-order chi connectivity index (χ0) is 13.2. The molecule has 1 aromatic carbocycles. The Morgan fingerprint density at radius 1 is 1.26 bits per heavy atom. The molecule has 98 valence electrons. The number of nitrogens with zero attached hydrogens (tertiary/aromatic N) is 1. The lowest BCUT2D eigenvalue weighted by atomic mass is 9.99. The predicted molar refractivity (Wildman–Crippen MR) is 74.5 cm³/mol. The molecule has 0 radical (unpaired) electrons. The first-order valence-electron chi connectivity index (χ1n) is 6.70. The molecule has 0 bridgehead atoms. The molecule has 0 amide bonds. The van der Waals surface area contributed by atoms with Gasteiger partial charge in [0.05, 0.1) is 11.6 Å². The lowest BCUT2D eigenvalue weighted by molar-refractivity contribution is 0.0936. The number of methoxy groups -OCH3 is 1. The Morgan fingerprint density at radius 2 is 2.16 bits per heavy atom. The van der Waals surface area contributed by atoms with Crippen molar-refractivity contribution in [2.75, 3.05) is 7.11 Å². The number of pyridine rings is 1. The van der Waals surface area contributed by atoms with Crippen LogP contribution < -0.4 is 0 Å². The summed E-state index contributed by atoms with van der Waals surface area (Å²) in [4.78, 5) is 15.5. The van der Waals surface area contributed by atoms with Crippen LogP contribution in [0, 0.1) is 0 Å². The monoisotopic (exact) mass is 255 g/mol. The van der Waals surface area contributed by atoms with Crippen LogP contribution in [-0.2, 0) is 4.74 Å². The van der Waals surface area contributed by atoms with E-state index in [2.05, 4.69) is 12.1 Å². The number of benzene rings is 1. The molecule has 1 aromatic heterocycles. The molecule has 3 rings (SSSR count). The van der Waals surface area contributed by atoms with Crippen molar-refractivity contribution >= 4 is 17.2 Å². The maximum Gasteiger partial charge on any atom is 0.150 e. The van der Waals surface area contributed by atoms with E-state index in [0.717, 1.165) is 35.7 Å². The van der Waals surface area contributed by atoms with Gasteiger partial charge in [0.1, 0.15) is 6.29 Å². The molecule has 19 heavy (non-hydrogen) atoms. The third kappa shape index (κ3) is 2.26. The summed E-state index contributed by atoms with van der Waals surface area (Å²) in [5, 5.41) is 1.01. The van der Waals surface area contributed by atoms with Gasteiger partial charge >= 0.3 is 0 Å². The number of aldehydes is 1. The minimum Gasteiger partial charge on any atom is -0.381 e. The Morgan fingerprint density at radius 3 is 2.95 bits per heavy atom. The average molecular weight is 255 g/mol. The number of rotatable bonds is 3. The second-order valence-electron chi connectivity index (χ2n) is 5.12. The topological polar surface area (TPSA) is 39.2 Å². The predicted octanol–water partition coefficient (Wildman–Crippen LogP) is 3.33. The Kier molecular flexibility index (Phi) is 3.30. The molecule has 1 fully saturated rings. The zero-order valence-corrected chi connectivity index (χ0v) is 11.0. The van der Waals surface area contributed by atoms with Crippen molar-refractivity contribution in [2.45, 2.75) is 31.3 Å². The van der Waals surface area contributed by atoms with Crippen LogP contribution in [0.15, 0.2) is 30.3 Å². The van der Waals surface area contributed by atoms with Crippen molar-refractivity contribution in [1.29, 1.82) is 0 Å². The number of hydrogen-bond acceptors (Lipinski definition) is 3. The first kappa shape index (κ1) is 12.3. The van der Waals surface area contributed by atoms with Gasteiger partial charge in [-0.2, -0.15) is 0 Å². The summed E-state index contributed by atoms with van der Waals surface area (Å²) in [7, 11) is 1.78. The summed E-state index contributed by atoms with van der Waals surface area (Å²) < 4.78 is 5.54. The van der Waals surface area contributed by atoms with Crippen molar-refractivity contribution in [3.8, 4) is 0 Å². The zero-order valence-electron chi connectivity index (χ0n) is 11.0. The van der Waals surface area contributed by atoms with E-state index in [4.69, 9.17) is 9.72 Å². The van der Waals surface area contributed by atoms with Gasteiger partial charge in [0, 0.05) is 29.7 Å². The smallest absolute Gasteiger partial charge is 0.150 e. The van der Waals surface area contributed by atoms with Gasteiger partial charge in [-0.15, -0.1) is 0 Å². The Hall–Kier alpha value is -1.74. The highest BCUT2D eigenvalue weighted by molar-refractivity contribution is 5.86. The molecule has 0 spiro atoms. The third-order valence-electron chi connectivity index (χ3n) is 4.01. The number of carbonyl (C=O) groups is 1. The minimum absolute atomic E-state index is 0.291. The van der Waals surface area contributed by atoms with Gasteiger partial charge in [0.25, 0.3) is 0 Å². The Labute approximate surface area is 112 Å². The van der Waals surface area contributed by atoms with Crippen molar-refractivity contribution in [1.82, 2.24) is 4.98 Å². The van der Waals surface area contributed by atoms with E-state index in [9.17, 15) is 4.79 Å². The van der Waals surface area contributed by atoms with Gasteiger partial charge in [-0.25, -0.2) is 0 Å². The van der Waals surface area contributed by atoms with Gasteiger partial charge in [0.15, 0.2) is 0 Å². The van der Waals surface area contributed by atoms with E-state index in [1.165, 1.54) is 6.42 Å². The van der Waals surface area contributed by atoms with E-state index in [0.29, 0.717) is 17.6 Å². The Bertz CT molecular complexity index is 609. The van der Waals surface area contributed by atoms with Crippen LogP contribution in [0.25, 0.3) is 10.9 Å². The highest BCUT2D eigenvalue weighted by Gasteiger charge is 2.29. The lowest BCUT2D eigenvalue weighted by Crippen LogP contribution is -2.15. The highest BCUT2D eigenvalue weighted by atomic mass is 16.5. The molecule has 0 unspecified atom stereocenters. The fourth-order valence-corrected chi connectivity index (χ4v) is 2.99. The van der Waals surface area contributed by atoms with Crippen molar-refractivity contribution in [2.24, 2.45) is 0 Å². The average Bonchev–Trinajstić information content (AvgIpc) is 2.94. The van der Waals surface area contributed by atoms with E-state index >= 15 is 0 Å². The maximum atomic E-state index is 10.8. The van der Waals surface area contributed by atoms with E-state index in [1.54, 1.807) is 7.11 Å². The molecule has 0 N–H and O–H groups in total. The standard InChI is InChI=1S/C16H17NO2/c1-19-16-4-2-3-13(16)15-8-6-12-9-11(10-18)5-7-14(12)17-15/h5-10,13,16H,2-4H2,1H3/t13-,16+/m1/s1. The van der Waals surface area contributed by atoms with Crippen LogP contribution in [-0.4, -0.2) is 24.5 Å². The molecule has 2 atom stereocenters. The molecule has 3 nitrogen and oxygen atoms in total. The SMILES string of the molecule is CO[C@H]1CCC[C@@H]1c1ccc2cc(C=O)ccc2n1. The number of fused-ring (bicyclic) bond motifs is 1. The normalized spacial score (nSPS) is 22.8. The fourth-order valence-electron chi connectivity index (χ4n) is 2.99. The molecule has 3 heteroatoms. The van der Waals surface area contributed by atoms with Crippen LogP contribution in [0.2, 0.25) is 0 Å². The second kappa shape index (κ2) is 5.10. The number of hydrogen-bond donors (Lipinski definition) is 0. The van der Waals surface area contributed by atoms with Crippen LogP contribution in [0.3, 0.4) is 0 Å². The summed E-state index contributed by atoms with van der Waals surface area (Å²) >= 11 is 0. The molecule has 2 aromatic rings. The first-order chi connectivity index (χ1) is 9.31. The first-order valence-corrected chi connectivity index (χ1v) is 6.70. The van der Waals surface area contributed by atoms with Crippen molar-refractivity contribution < 1.29 is 9.53 Å². The van der Waals surface area contributed by atoms with Gasteiger partial charge in [-0.1, -0.05) is 12.5 Å². The van der Waals surface area contributed by atoms with Crippen molar-refractivity contribution in [3.63, 3.8) is 0 Å². The summed E-state index contributed by atoms with van der Waals surface area (Å²) in [6, 6.07) is 9.73. The minimum atomic E-state index is 0.291. The van der Waals surface area contributed by atoms with Gasteiger partial charge in [-0.05, 0) is 37.1 Å². The summed E-state index contributed by atoms with van der Waals surface area (Å²) in [5.41, 5.74) is 2.75. The quantitative estimate of drug-likeness (QED) is 0.790. The van der Waals surface area contributed by atoms with E-state index in [-0.39, 0.29) is 0 Å². The van der Waals surface area contributed by atoms with Gasteiger partial charge in [0.2, 0.25) is 0 Å². The number of aromatic nitrogens is 1. The molecule has 1 saturated carbocycles. The molecule has 1 aliphatic carbocycles. The van der Waals surface area contributed by atoms with Crippen molar-refractivity contribution in [3.05, 3.63) is 41.6 Å². The largest absolute Gasteiger partial charge is 0.381 e. The molecule has 0 aliphatic heterocycles.